The molecular formula is C13H17N3O. The van der Waals surface area contributed by atoms with Gasteiger partial charge in [0.15, 0.2) is 0 Å². The van der Waals surface area contributed by atoms with Crippen molar-refractivity contribution in [2.24, 2.45) is 0 Å². The van der Waals surface area contributed by atoms with Gasteiger partial charge >= 0.3 is 0 Å². The zero-order chi connectivity index (χ0) is 11.7. The molecule has 0 spiro atoms. The van der Waals surface area contributed by atoms with Crippen LogP contribution in [-0.4, -0.2) is 29.0 Å². The van der Waals surface area contributed by atoms with E-state index >= 15 is 0 Å². The first-order valence-electron chi connectivity index (χ1n) is 6.28. The Kier molecular flexibility index (Phi) is 2.81. The molecule has 90 valence electrons. The van der Waals surface area contributed by atoms with E-state index < -0.39 is 0 Å². The minimum Gasteiger partial charge on any atom is -0.349 e. The number of nitrogens with one attached hydrogen (secondary N) is 2. The summed E-state index contributed by atoms with van der Waals surface area (Å²) in [6, 6.07) is 5.05. The Hall–Kier alpha value is -1.42. The number of rotatable bonds is 2. The number of hydrogen-bond donors (Lipinski definition) is 2. The minimum atomic E-state index is 0.0266. The van der Waals surface area contributed by atoms with E-state index in [2.05, 4.69) is 15.6 Å². The molecule has 4 heteroatoms. The second kappa shape index (κ2) is 4.45. The van der Waals surface area contributed by atoms with E-state index in [1.54, 1.807) is 24.5 Å². The molecule has 4 nitrogen and oxygen atoms in total. The third-order valence-electron chi connectivity index (χ3n) is 3.75. The summed E-state index contributed by atoms with van der Waals surface area (Å²) < 4.78 is 0. The van der Waals surface area contributed by atoms with E-state index in [-0.39, 0.29) is 5.91 Å². The standard InChI is InChI=1S/C13H17N3O/c17-13(9-3-5-14-6-4-9)16-12-7-10-1-2-11(8-12)15-10/h3-6,10-12,15H,1-2,7-8H2,(H,16,17). The van der Waals surface area contributed by atoms with Gasteiger partial charge in [0.05, 0.1) is 0 Å². The summed E-state index contributed by atoms with van der Waals surface area (Å²) >= 11 is 0. The predicted molar refractivity (Wildman–Crippen MR) is 64.7 cm³/mol. The van der Waals surface area contributed by atoms with Crippen LogP contribution in [-0.2, 0) is 0 Å². The van der Waals surface area contributed by atoms with E-state index in [0.29, 0.717) is 23.7 Å². The monoisotopic (exact) mass is 231 g/mol. The van der Waals surface area contributed by atoms with Crippen molar-refractivity contribution < 1.29 is 4.79 Å². The summed E-state index contributed by atoms with van der Waals surface area (Å²) in [5, 5.41) is 6.70. The molecule has 2 atom stereocenters. The van der Waals surface area contributed by atoms with E-state index in [1.807, 2.05) is 0 Å². The number of nitrogens with zero attached hydrogens (tertiary/aromatic N) is 1. The lowest BCUT2D eigenvalue weighted by atomic mass is 9.99. The zero-order valence-electron chi connectivity index (χ0n) is 9.73. The lowest BCUT2D eigenvalue weighted by molar-refractivity contribution is 0.0924. The van der Waals surface area contributed by atoms with Gasteiger partial charge in [0.1, 0.15) is 0 Å². The van der Waals surface area contributed by atoms with Crippen LogP contribution in [0.5, 0.6) is 0 Å². The van der Waals surface area contributed by atoms with Crippen LogP contribution < -0.4 is 10.6 Å². The quantitative estimate of drug-likeness (QED) is 0.801. The van der Waals surface area contributed by atoms with Crippen LogP contribution >= 0.6 is 0 Å². The summed E-state index contributed by atoms with van der Waals surface area (Å²) in [4.78, 5) is 15.9. The Morgan fingerprint density at radius 2 is 1.88 bits per heavy atom. The van der Waals surface area contributed by atoms with Crippen LogP contribution in [0, 0.1) is 0 Å². The Morgan fingerprint density at radius 3 is 2.53 bits per heavy atom. The highest BCUT2D eigenvalue weighted by Crippen LogP contribution is 2.26. The molecule has 1 aromatic rings. The fourth-order valence-electron chi connectivity index (χ4n) is 2.95. The molecule has 2 aliphatic rings. The van der Waals surface area contributed by atoms with Crippen molar-refractivity contribution >= 4 is 5.91 Å². The van der Waals surface area contributed by atoms with Crippen LogP contribution in [0.2, 0.25) is 0 Å². The van der Waals surface area contributed by atoms with E-state index in [9.17, 15) is 4.79 Å². The molecule has 0 radical (unpaired) electrons. The first kappa shape index (κ1) is 10.7. The van der Waals surface area contributed by atoms with Gasteiger partial charge < -0.3 is 10.6 Å². The lowest BCUT2D eigenvalue weighted by Gasteiger charge is -2.29. The normalized spacial score (nSPS) is 31.2. The molecule has 0 aliphatic carbocycles. The van der Waals surface area contributed by atoms with Crippen LogP contribution in [0.25, 0.3) is 0 Å². The SMILES string of the molecule is O=C(NC1CC2CCC(C1)N2)c1ccncc1. The second-order valence-electron chi connectivity index (χ2n) is 5.02. The first-order chi connectivity index (χ1) is 8.31. The second-order valence-corrected chi connectivity index (χ2v) is 5.02. The van der Waals surface area contributed by atoms with Crippen LogP contribution in [0.15, 0.2) is 24.5 Å². The van der Waals surface area contributed by atoms with Crippen molar-refractivity contribution in [3.8, 4) is 0 Å². The number of pyridine rings is 1. The molecule has 1 aromatic heterocycles. The van der Waals surface area contributed by atoms with Gasteiger partial charge in [0, 0.05) is 36.1 Å². The number of fused-ring (bicyclic) bond motifs is 2. The first-order valence-corrected chi connectivity index (χ1v) is 6.28. The summed E-state index contributed by atoms with van der Waals surface area (Å²) in [5.41, 5.74) is 0.700. The minimum absolute atomic E-state index is 0.0266. The molecule has 0 saturated carbocycles. The molecule has 2 aliphatic heterocycles. The van der Waals surface area contributed by atoms with Gasteiger partial charge in [-0.15, -0.1) is 0 Å². The number of hydrogen-bond acceptors (Lipinski definition) is 3. The number of piperidine rings is 1. The van der Waals surface area contributed by atoms with E-state index in [1.165, 1.54) is 12.8 Å². The Morgan fingerprint density at radius 1 is 1.24 bits per heavy atom. The van der Waals surface area contributed by atoms with E-state index in [0.717, 1.165) is 12.8 Å². The van der Waals surface area contributed by atoms with Gasteiger partial charge in [-0.3, -0.25) is 9.78 Å². The number of carbonyl (C=O) groups is 1. The van der Waals surface area contributed by atoms with Gasteiger partial charge in [-0.1, -0.05) is 0 Å². The topological polar surface area (TPSA) is 54.0 Å². The van der Waals surface area contributed by atoms with Crippen molar-refractivity contribution in [3.63, 3.8) is 0 Å². The molecule has 2 bridgehead atoms. The molecule has 17 heavy (non-hydrogen) atoms. The fourth-order valence-corrected chi connectivity index (χ4v) is 2.95. The third-order valence-corrected chi connectivity index (χ3v) is 3.75. The molecule has 3 rings (SSSR count). The summed E-state index contributed by atoms with van der Waals surface area (Å²) in [7, 11) is 0. The highest BCUT2D eigenvalue weighted by atomic mass is 16.1. The third kappa shape index (κ3) is 2.31. The highest BCUT2D eigenvalue weighted by Gasteiger charge is 2.33. The van der Waals surface area contributed by atoms with Crippen LogP contribution in [0.3, 0.4) is 0 Å². The van der Waals surface area contributed by atoms with Crippen molar-refractivity contribution in [2.45, 2.75) is 43.8 Å². The number of aromatic nitrogens is 1. The molecule has 2 unspecified atom stereocenters. The smallest absolute Gasteiger partial charge is 0.251 e. The van der Waals surface area contributed by atoms with Crippen molar-refractivity contribution in [2.75, 3.05) is 0 Å². The Balaban J connectivity index is 1.62. The summed E-state index contributed by atoms with van der Waals surface area (Å²) in [6.07, 6.45) is 7.95. The van der Waals surface area contributed by atoms with Gasteiger partial charge in [-0.05, 0) is 37.8 Å². The van der Waals surface area contributed by atoms with Gasteiger partial charge in [0.2, 0.25) is 0 Å². The summed E-state index contributed by atoms with van der Waals surface area (Å²) in [5.74, 6) is 0.0266. The van der Waals surface area contributed by atoms with Crippen LogP contribution in [0.4, 0.5) is 0 Å². The summed E-state index contributed by atoms with van der Waals surface area (Å²) in [6.45, 7) is 0. The average Bonchev–Trinajstić information content (AvgIpc) is 2.70. The maximum absolute atomic E-state index is 12.0. The van der Waals surface area contributed by atoms with E-state index in [4.69, 9.17) is 0 Å². The Labute approximate surface area is 101 Å². The molecule has 2 fully saturated rings. The lowest BCUT2D eigenvalue weighted by Crippen LogP contribution is -2.48. The van der Waals surface area contributed by atoms with Crippen molar-refractivity contribution in [3.05, 3.63) is 30.1 Å². The zero-order valence-corrected chi connectivity index (χ0v) is 9.73. The fraction of sp³-hybridized carbons (Fsp3) is 0.538. The van der Waals surface area contributed by atoms with Crippen LogP contribution in [0.1, 0.15) is 36.0 Å². The molecule has 0 aromatic carbocycles. The van der Waals surface area contributed by atoms with Gasteiger partial charge in [0.25, 0.3) is 5.91 Å². The highest BCUT2D eigenvalue weighted by molar-refractivity contribution is 5.94. The molecule has 2 N–H and O–H groups in total. The molecule has 3 heterocycles. The van der Waals surface area contributed by atoms with Gasteiger partial charge in [-0.2, -0.15) is 0 Å². The van der Waals surface area contributed by atoms with Gasteiger partial charge in [-0.25, -0.2) is 0 Å². The van der Waals surface area contributed by atoms with Crippen molar-refractivity contribution in [1.29, 1.82) is 0 Å². The maximum atomic E-state index is 12.0. The average molecular weight is 231 g/mol. The number of carbonyl (C=O) groups excluding carboxylic acids is 1. The largest absolute Gasteiger partial charge is 0.349 e. The maximum Gasteiger partial charge on any atom is 0.251 e. The Bertz CT molecular complexity index is 394. The molecule has 2 saturated heterocycles. The predicted octanol–water partition coefficient (Wildman–Crippen LogP) is 1.09. The number of amides is 1. The molecular weight excluding hydrogens is 214 g/mol. The van der Waals surface area contributed by atoms with Crippen molar-refractivity contribution in [1.82, 2.24) is 15.6 Å². The molecule has 1 amide bonds.